The minimum Gasteiger partial charge on any atom is -0.443 e. The van der Waals surface area contributed by atoms with Gasteiger partial charge in [0.1, 0.15) is 5.60 Å². The van der Waals surface area contributed by atoms with Crippen LogP contribution in [0.15, 0.2) is 18.2 Å². The Kier molecular flexibility index (Phi) is 4.73. The Balaban J connectivity index is 2.38. The van der Waals surface area contributed by atoms with Crippen LogP contribution in [0.5, 0.6) is 0 Å². The lowest BCUT2D eigenvalue weighted by atomic mass is 10.1. The highest BCUT2D eigenvalue weighted by molar-refractivity contribution is 5.66. The molecule has 0 aliphatic carbocycles. The fraction of sp³-hybridized carbons (Fsp3) is 0.500. The SMILES string of the molecule is Cc1ccc(CNNC(=O)OC(C)(C)C)cc1C. The number of benzene rings is 1. The van der Waals surface area contributed by atoms with Crippen molar-refractivity contribution in [3.05, 3.63) is 34.9 Å². The maximum absolute atomic E-state index is 11.4. The highest BCUT2D eigenvalue weighted by atomic mass is 16.6. The molecule has 2 N–H and O–H groups in total. The van der Waals surface area contributed by atoms with Crippen LogP contribution in [0.2, 0.25) is 0 Å². The molecule has 0 aliphatic rings. The largest absolute Gasteiger partial charge is 0.443 e. The first-order valence-electron chi connectivity index (χ1n) is 6.06. The van der Waals surface area contributed by atoms with Gasteiger partial charge in [0.2, 0.25) is 0 Å². The van der Waals surface area contributed by atoms with Gasteiger partial charge in [0, 0.05) is 6.54 Å². The Hall–Kier alpha value is -1.55. The van der Waals surface area contributed by atoms with E-state index in [0.29, 0.717) is 6.54 Å². The summed E-state index contributed by atoms with van der Waals surface area (Å²) in [6.07, 6.45) is -0.466. The van der Waals surface area contributed by atoms with Crippen molar-refractivity contribution in [1.82, 2.24) is 10.9 Å². The van der Waals surface area contributed by atoms with Crippen LogP contribution < -0.4 is 10.9 Å². The third-order valence-corrected chi connectivity index (χ3v) is 2.45. The molecule has 1 aromatic rings. The van der Waals surface area contributed by atoms with Crippen molar-refractivity contribution < 1.29 is 9.53 Å². The maximum Gasteiger partial charge on any atom is 0.422 e. The van der Waals surface area contributed by atoms with Crippen LogP contribution in [0.4, 0.5) is 4.79 Å². The lowest BCUT2D eigenvalue weighted by molar-refractivity contribution is 0.0497. The van der Waals surface area contributed by atoms with E-state index in [2.05, 4.69) is 36.8 Å². The Morgan fingerprint density at radius 2 is 1.89 bits per heavy atom. The molecule has 4 nitrogen and oxygen atoms in total. The number of ether oxygens (including phenoxy) is 1. The summed E-state index contributed by atoms with van der Waals surface area (Å²) in [5, 5.41) is 0. The number of carbonyl (C=O) groups is 1. The zero-order valence-electron chi connectivity index (χ0n) is 11.8. The normalized spacial score (nSPS) is 11.2. The second kappa shape index (κ2) is 5.87. The van der Waals surface area contributed by atoms with E-state index >= 15 is 0 Å². The van der Waals surface area contributed by atoms with Gasteiger partial charge in [-0.1, -0.05) is 18.2 Å². The van der Waals surface area contributed by atoms with Crippen molar-refractivity contribution in [3.8, 4) is 0 Å². The number of hydrazine groups is 1. The molecule has 1 amide bonds. The monoisotopic (exact) mass is 250 g/mol. The van der Waals surface area contributed by atoms with Crippen LogP contribution >= 0.6 is 0 Å². The summed E-state index contributed by atoms with van der Waals surface area (Å²) >= 11 is 0. The second-order valence-electron chi connectivity index (χ2n) is 5.40. The highest BCUT2D eigenvalue weighted by Gasteiger charge is 2.15. The molecule has 18 heavy (non-hydrogen) atoms. The summed E-state index contributed by atoms with van der Waals surface area (Å²) in [6, 6.07) is 6.20. The number of hydrogen-bond donors (Lipinski definition) is 2. The molecule has 4 heteroatoms. The number of hydrogen-bond acceptors (Lipinski definition) is 3. The van der Waals surface area contributed by atoms with E-state index in [0.717, 1.165) is 5.56 Å². The van der Waals surface area contributed by atoms with Crippen LogP contribution in [-0.2, 0) is 11.3 Å². The van der Waals surface area contributed by atoms with Crippen molar-refractivity contribution in [1.29, 1.82) is 0 Å². The van der Waals surface area contributed by atoms with Crippen LogP contribution in [0.3, 0.4) is 0 Å². The van der Waals surface area contributed by atoms with Gasteiger partial charge in [-0.05, 0) is 51.3 Å². The minimum absolute atomic E-state index is 0.466. The van der Waals surface area contributed by atoms with Gasteiger partial charge < -0.3 is 4.74 Å². The van der Waals surface area contributed by atoms with Gasteiger partial charge >= 0.3 is 6.09 Å². The summed E-state index contributed by atoms with van der Waals surface area (Å²) in [6.45, 7) is 10.2. The van der Waals surface area contributed by atoms with Crippen molar-refractivity contribution in [2.24, 2.45) is 0 Å². The zero-order chi connectivity index (χ0) is 13.8. The first-order chi connectivity index (χ1) is 8.28. The number of aryl methyl sites for hydroxylation is 2. The second-order valence-corrected chi connectivity index (χ2v) is 5.40. The topological polar surface area (TPSA) is 50.4 Å². The molecule has 0 aromatic heterocycles. The van der Waals surface area contributed by atoms with Crippen LogP contribution in [0.1, 0.15) is 37.5 Å². The molecule has 0 aliphatic heterocycles. The van der Waals surface area contributed by atoms with Gasteiger partial charge in [-0.15, -0.1) is 0 Å². The quantitative estimate of drug-likeness (QED) is 0.811. The fourth-order valence-corrected chi connectivity index (χ4v) is 1.44. The van der Waals surface area contributed by atoms with E-state index < -0.39 is 11.7 Å². The molecule has 0 atom stereocenters. The van der Waals surface area contributed by atoms with Gasteiger partial charge in [-0.3, -0.25) is 5.43 Å². The molecular weight excluding hydrogens is 228 g/mol. The third kappa shape index (κ3) is 5.19. The molecule has 0 saturated carbocycles. The molecular formula is C14H22N2O2. The van der Waals surface area contributed by atoms with E-state index in [9.17, 15) is 4.79 Å². The van der Waals surface area contributed by atoms with Gasteiger partial charge in [0.25, 0.3) is 0 Å². The number of nitrogens with one attached hydrogen (secondary N) is 2. The van der Waals surface area contributed by atoms with E-state index in [1.807, 2.05) is 26.8 Å². The Morgan fingerprint density at radius 3 is 2.44 bits per heavy atom. The van der Waals surface area contributed by atoms with E-state index in [4.69, 9.17) is 4.74 Å². The highest BCUT2D eigenvalue weighted by Crippen LogP contribution is 2.09. The van der Waals surface area contributed by atoms with Gasteiger partial charge in [0.15, 0.2) is 0 Å². The average Bonchev–Trinajstić information content (AvgIpc) is 2.20. The molecule has 0 fully saturated rings. The lowest BCUT2D eigenvalue weighted by Gasteiger charge is -2.19. The predicted molar refractivity (Wildman–Crippen MR) is 72.1 cm³/mol. The summed E-state index contributed by atoms with van der Waals surface area (Å²) in [4.78, 5) is 11.4. The Labute approximate surface area is 109 Å². The van der Waals surface area contributed by atoms with Gasteiger partial charge in [0.05, 0.1) is 0 Å². The number of carbonyl (C=O) groups excluding carboxylic acids is 1. The average molecular weight is 250 g/mol. The molecule has 0 spiro atoms. The smallest absolute Gasteiger partial charge is 0.422 e. The predicted octanol–water partition coefficient (Wildman–Crippen LogP) is 2.83. The van der Waals surface area contributed by atoms with Crippen molar-refractivity contribution >= 4 is 6.09 Å². The standard InChI is InChI=1S/C14H22N2O2/c1-10-6-7-12(8-11(10)2)9-15-16-13(17)18-14(3,4)5/h6-8,15H,9H2,1-5H3,(H,16,17). The first-order valence-corrected chi connectivity index (χ1v) is 6.06. The third-order valence-electron chi connectivity index (χ3n) is 2.45. The van der Waals surface area contributed by atoms with Crippen LogP contribution in [0, 0.1) is 13.8 Å². The molecule has 100 valence electrons. The molecule has 0 unspecified atom stereocenters. The van der Waals surface area contributed by atoms with E-state index in [-0.39, 0.29) is 0 Å². The molecule has 0 radical (unpaired) electrons. The van der Waals surface area contributed by atoms with Crippen molar-refractivity contribution in [2.75, 3.05) is 0 Å². The fourth-order valence-electron chi connectivity index (χ4n) is 1.44. The first kappa shape index (κ1) is 14.5. The Morgan fingerprint density at radius 1 is 1.22 bits per heavy atom. The van der Waals surface area contributed by atoms with Crippen LogP contribution in [0.25, 0.3) is 0 Å². The minimum atomic E-state index is -0.480. The molecule has 0 heterocycles. The zero-order valence-corrected chi connectivity index (χ0v) is 11.8. The van der Waals surface area contributed by atoms with Crippen molar-refractivity contribution in [2.45, 2.75) is 46.8 Å². The molecule has 0 bridgehead atoms. The molecule has 1 aromatic carbocycles. The molecule has 0 saturated heterocycles. The summed E-state index contributed by atoms with van der Waals surface area (Å²) in [5.74, 6) is 0. The summed E-state index contributed by atoms with van der Waals surface area (Å²) < 4.78 is 5.11. The summed E-state index contributed by atoms with van der Waals surface area (Å²) in [7, 11) is 0. The van der Waals surface area contributed by atoms with Gasteiger partial charge in [-0.2, -0.15) is 0 Å². The number of amides is 1. The molecule has 1 rings (SSSR count). The maximum atomic E-state index is 11.4. The summed E-state index contributed by atoms with van der Waals surface area (Å²) in [5.41, 5.74) is 8.50. The van der Waals surface area contributed by atoms with E-state index in [1.54, 1.807) is 0 Å². The van der Waals surface area contributed by atoms with Crippen LogP contribution in [-0.4, -0.2) is 11.7 Å². The Bertz CT molecular complexity index is 422. The van der Waals surface area contributed by atoms with E-state index in [1.165, 1.54) is 11.1 Å². The number of rotatable bonds is 3. The van der Waals surface area contributed by atoms with Gasteiger partial charge in [-0.25, -0.2) is 10.2 Å². The van der Waals surface area contributed by atoms with Crippen molar-refractivity contribution in [3.63, 3.8) is 0 Å². The lowest BCUT2D eigenvalue weighted by Crippen LogP contribution is -2.40.